The standard InChI is InChI=1S/C13H15N3OS2/c14-10-3-1-4-11(9-10)16-12(17)5-2-7-18-13-15-6-8-19-13/h1,3-4,6,8-9H,2,5,7,14H2,(H,16,17). The van der Waals surface area contributed by atoms with Gasteiger partial charge in [0.05, 0.1) is 0 Å². The van der Waals surface area contributed by atoms with E-state index in [0.29, 0.717) is 12.1 Å². The van der Waals surface area contributed by atoms with E-state index < -0.39 is 0 Å². The zero-order valence-corrected chi connectivity index (χ0v) is 12.0. The number of rotatable bonds is 6. The number of nitrogens with one attached hydrogen (secondary N) is 1. The topological polar surface area (TPSA) is 68.0 Å². The fraction of sp³-hybridized carbons (Fsp3) is 0.231. The molecule has 6 heteroatoms. The molecular weight excluding hydrogens is 278 g/mol. The summed E-state index contributed by atoms with van der Waals surface area (Å²) in [6, 6.07) is 7.20. The average Bonchev–Trinajstić information content (AvgIpc) is 2.88. The smallest absolute Gasteiger partial charge is 0.224 e. The van der Waals surface area contributed by atoms with Crippen LogP contribution in [0.25, 0.3) is 0 Å². The van der Waals surface area contributed by atoms with E-state index in [4.69, 9.17) is 5.73 Å². The van der Waals surface area contributed by atoms with Crippen LogP contribution < -0.4 is 11.1 Å². The summed E-state index contributed by atoms with van der Waals surface area (Å²) in [4.78, 5) is 15.9. The second-order valence-corrected chi connectivity index (χ2v) is 6.16. The average molecular weight is 293 g/mol. The molecule has 0 bridgehead atoms. The molecule has 100 valence electrons. The van der Waals surface area contributed by atoms with Crippen LogP contribution in [0.15, 0.2) is 40.2 Å². The molecule has 0 fully saturated rings. The second kappa shape index (κ2) is 7.16. The van der Waals surface area contributed by atoms with Gasteiger partial charge in [-0.25, -0.2) is 4.98 Å². The number of nitrogens with zero attached hydrogens (tertiary/aromatic N) is 1. The highest BCUT2D eigenvalue weighted by Crippen LogP contribution is 2.21. The molecule has 0 spiro atoms. The molecule has 2 rings (SSSR count). The van der Waals surface area contributed by atoms with Gasteiger partial charge in [0.2, 0.25) is 5.91 Å². The van der Waals surface area contributed by atoms with Crippen LogP contribution in [0.4, 0.5) is 11.4 Å². The number of benzene rings is 1. The Balaban J connectivity index is 1.67. The summed E-state index contributed by atoms with van der Waals surface area (Å²) in [7, 11) is 0. The van der Waals surface area contributed by atoms with Crippen LogP contribution in [0.3, 0.4) is 0 Å². The molecule has 0 unspecified atom stereocenters. The van der Waals surface area contributed by atoms with Crippen LogP contribution in [-0.2, 0) is 4.79 Å². The molecule has 4 nitrogen and oxygen atoms in total. The van der Waals surface area contributed by atoms with Crippen molar-refractivity contribution >= 4 is 40.4 Å². The van der Waals surface area contributed by atoms with Crippen molar-refractivity contribution in [3.05, 3.63) is 35.8 Å². The predicted octanol–water partition coefficient (Wildman–Crippen LogP) is 3.24. The van der Waals surface area contributed by atoms with Crippen LogP contribution in [0.1, 0.15) is 12.8 Å². The largest absolute Gasteiger partial charge is 0.399 e. The van der Waals surface area contributed by atoms with Gasteiger partial charge in [-0.1, -0.05) is 17.8 Å². The van der Waals surface area contributed by atoms with E-state index in [2.05, 4.69) is 10.3 Å². The Bertz CT molecular complexity index is 528. The molecule has 2 aromatic rings. The maximum atomic E-state index is 11.7. The highest BCUT2D eigenvalue weighted by Gasteiger charge is 2.03. The molecular formula is C13H15N3OS2. The number of nitrogens with two attached hydrogens (primary N) is 1. The molecule has 0 saturated carbocycles. The van der Waals surface area contributed by atoms with E-state index in [9.17, 15) is 4.79 Å². The second-order valence-electron chi connectivity index (χ2n) is 3.92. The number of hydrogen-bond acceptors (Lipinski definition) is 5. The van der Waals surface area contributed by atoms with E-state index in [1.165, 1.54) is 0 Å². The Morgan fingerprint density at radius 2 is 2.37 bits per heavy atom. The van der Waals surface area contributed by atoms with E-state index in [0.717, 1.165) is 22.2 Å². The number of anilines is 2. The zero-order chi connectivity index (χ0) is 13.5. The lowest BCUT2D eigenvalue weighted by molar-refractivity contribution is -0.116. The van der Waals surface area contributed by atoms with Crippen molar-refractivity contribution in [3.8, 4) is 0 Å². The van der Waals surface area contributed by atoms with Crippen molar-refractivity contribution in [3.63, 3.8) is 0 Å². The van der Waals surface area contributed by atoms with Crippen molar-refractivity contribution in [1.82, 2.24) is 4.98 Å². The highest BCUT2D eigenvalue weighted by molar-refractivity contribution is 8.00. The Morgan fingerprint density at radius 3 is 3.11 bits per heavy atom. The fourth-order valence-corrected chi connectivity index (χ4v) is 3.16. The summed E-state index contributed by atoms with van der Waals surface area (Å²) in [6.07, 6.45) is 3.13. The predicted molar refractivity (Wildman–Crippen MR) is 81.6 cm³/mol. The number of nitrogen functional groups attached to an aromatic ring is 1. The number of amides is 1. The molecule has 1 aromatic carbocycles. The first-order chi connectivity index (χ1) is 9.24. The molecule has 1 aromatic heterocycles. The van der Waals surface area contributed by atoms with E-state index in [-0.39, 0.29) is 5.91 Å². The summed E-state index contributed by atoms with van der Waals surface area (Å²) in [5, 5.41) is 4.79. The minimum atomic E-state index is 0.0188. The molecule has 0 aliphatic rings. The first kappa shape index (κ1) is 13.9. The van der Waals surface area contributed by atoms with E-state index >= 15 is 0 Å². The minimum Gasteiger partial charge on any atom is -0.399 e. The summed E-state index contributed by atoms with van der Waals surface area (Å²) in [6.45, 7) is 0. The lowest BCUT2D eigenvalue weighted by Crippen LogP contribution is -2.11. The van der Waals surface area contributed by atoms with Gasteiger partial charge in [-0.15, -0.1) is 11.3 Å². The quantitative estimate of drug-likeness (QED) is 0.487. The Kier molecular flexibility index (Phi) is 5.23. The van der Waals surface area contributed by atoms with Crippen molar-refractivity contribution in [2.75, 3.05) is 16.8 Å². The molecule has 1 heterocycles. The molecule has 3 N–H and O–H groups in total. The molecule has 0 atom stereocenters. The monoisotopic (exact) mass is 293 g/mol. The van der Waals surface area contributed by atoms with E-state index in [1.807, 2.05) is 17.5 Å². The van der Waals surface area contributed by atoms with Gasteiger partial charge < -0.3 is 11.1 Å². The fourth-order valence-electron chi connectivity index (χ4n) is 1.51. The van der Waals surface area contributed by atoms with Gasteiger partial charge in [0.1, 0.15) is 4.34 Å². The van der Waals surface area contributed by atoms with Gasteiger partial charge in [0.15, 0.2) is 0 Å². The van der Waals surface area contributed by atoms with Crippen LogP contribution in [0.5, 0.6) is 0 Å². The summed E-state index contributed by atoms with van der Waals surface area (Å²) in [5.74, 6) is 0.919. The van der Waals surface area contributed by atoms with Crippen molar-refractivity contribution in [1.29, 1.82) is 0 Å². The number of thioether (sulfide) groups is 1. The Hall–Kier alpha value is -1.53. The maximum Gasteiger partial charge on any atom is 0.224 e. The Morgan fingerprint density at radius 1 is 1.47 bits per heavy atom. The third kappa shape index (κ3) is 4.92. The molecule has 1 amide bonds. The normalized spacial score (nSPS) is 10.3. The third-order valence-corrected chi connectivity index (χ3v) is 4.41. The van der Waals surface area contributed by atoms with Gasteiger partial charge >= 0.3 is 0 Å². The van der Waals surface area contributed by atoms with Gasteiger partial charge in [0, 0.05) is 35.1 Å². The number of hydrogen-bond donors (Lipinski definition) is 2. The van der Waals surface area contributed by atoms with Crippen LogP contribution in [0.2, 0.25) is 0 Å². The van der Waals surface area contributed by atoms with Gasteiger partial charge in [-0.3, -0.25) is 4.79 Å². The summed E-state index contributed by atoms with van der Waals surface area (Å²) >= 11 is 3.31. The van der Waals surface area contributed by atoms with Crippen molar-refractivity contribution < 1.29 is 4.79 Å². The highest BCUT2D eigenvalue weighted by atomic mass is 32.2. The zero-order valence-electron chi connectivity index (χ0n) is 10.3. The molecule has 0 saturated heterocycles. The van der Waals surface area contributed by atoms with Crippen LogP contribution >= 0.6 is 23.1 Å². The maximum absolute atomic E-state index is 11.7. The number of carbonyl (C=O) groups is 1. The summed E-state index contributed by atoms with van der Waals surface area (Å²) in [5.41, 5.74) is 7.05. The third-order valence-electron chi connectivity index (χ3n) is 2.35. The lowest BCUT2D eigenvalue weighted by Gasteiger charge is -2.05. The lowest BCUT2D eigenvalue weighted by atomic mass is 10.2. The van der Waals surface area contributed by atoms with E-state index in [1.54, 1.807) is 41.4 Å². The molecule has 0 aliphatic heterocycles. The summed E-state index contributed by atoms with van der Waals surface area (Å²) < 4.78 is 1.05. The SMILES string of the molecule is Nc1cccc(NC(=O)CCCSc2nccs2)c1. The van der Waals surface area contributed by atoms with Crippen LogP contribution in [-0.4, -0.2) is 16.6 Å². The van der Waals surface area contributed by atoms with Gasteiger partial charge in [0.25, 0.3) is 0 Å². The molecule has 19 heavy (non-hydrogen) atoms. The van der Waals surface area contributed by atoms with Gasteiger partial charge in [-0.05, 0) is 24.6 Å². The van der Waals surface area contributed by atoms with Crippen LogP contribution in [0, 0.1) is 0 Å². The Labute approximate surface area is 120 Å². The molecule has 0 radical (unpaired) electrons. The van der Waals surface area contributed by atoms with Crippen molar-refractivity contribution in [2.24, 2.45) is 0 Å². The first-order valence-corrected chi connectivity index (χ1v) is 7.78. The minimum absolute atomic E-state index is 0.0188. The number of carbonyl (C=O) groups excluding carboxylic acids is 1. The van der Waals surface area contributed by atoms with Crippen molar-refractivity contribution in [2.45, 2.75) is 17.2 Å². The first-order valence-electron chi connectivity index (χ1n) is 5.92. The van der Waals surface area contributed by atoms with Gasteiger partial charge in [-0.2, -0.15) is 0 Å². The number of aromatic nitrogens is 1. The number of thiazole rings is 1. The molecule has 0 aliphatic carbocycles.